The molecule has 0 radical (unpaired) electrons. The van der Waals surface area contributed by atoms with Gasteiger partial charge >= 0.3 is 0 Å². The summed E-state index contributed by atoms with van der Waals surface area (Å²) in [4.78, 5) is 16.3. The predicted octanol–water partition coefficient (Wildman–Crippen LogP) is 3.01. The van der Waals surface area contributed by atoms with Crippen molar-refractivity contribution in [2.75, 3.05) is 12.4 Å². The fourth-order valence-electron chi connectivity index (χ4n) is 1.62. The van der Waals surface area contributed by atoms with Crippen molar-refractivity contribution >= 4 is 29.0 Å². The minimum Gasteiger partial charge on any atom is -0.497 e. The molecule has 0 unspecified atom stereocenters. The van der Waals surface area contributed by atoms with Crippen LogP contribution in [0.15, 0.2) is 35.2 Å². The second kappa shape index (κ2) is 6.68. The van der Waals surface area contributed by atoms with E-state index in [1.165, 1.54) is 17.4 Å². The first-order chi connectivity index (χ1) is 10.1. The van der Waals surface area contributed by atoms with Crippen molar-refractivity contribution in [3.05, 3.63) is 45.9 Å². The number of hydrogen-bond acceptors (Lipinski definition) is 5. The van der Waals surface area contributed by atoms with Crippen LogP contribution in [0.3, 0.4) is 0 Å². The SMILES string of the molecule is COc1ccc(NC(=O)/C(C#N)=C/c2csc(C)n2)cc1. The molecule has 21 heavy (non-hydrogen) atoms. The average Bonchev–Trinajstić information content (AvgIpc) is 2.90. The van der Waals surface area contributed by atoms with Crippen LogP contribution in [-0.2, 0) is 4.79 Å². The normalized spacial score (nSPS) is 10.8. The second-order valence-corrected chi connectivity index (χ2v) is 5.21. The quantitative estimate of drug-likeness (QED) is 0.695. The van der Waals surface area contributed by atoms with E-state index in [0.717, 1.165) is 5.01 Å². The van der Waals surface area contributed by atoms with Crippen LogP contribution >= 0.6 is 11.3 Å². The molecule has 106 valence electrons. The molecule has 6 heteroatoms. The van der Waals surface area contributed by atoms with Gasteiger partial charge in [-0.2, -0.15) is 5.26 Å². The molecule has 0 bridgehead atoms. The van der Waals surface area contributed by atoms with E-state index in [-0.39, 0.29) is 5.57 Å². The zero-order valence-electron chi connectivity index (χ0n) is 11.6. The summed E-state index contributed by atoms with van der Waals surface area (Å²) < 4.78 is 5.04. The summed E-state index contributed by atoms with van der Waals surface area (Å²) >= 11 is 1.47. The van der Waals surface area contributed by atoms with Crippen LogP contribution in [0.4, 0.5) is 5.69 Å². The van der Waals surface area contributed by atoms with Crippen LogP contribution in [0.2, 0.25) is 0 Å². The molecule has 0 aliphatic carbocycles. The topological polar surface area (TPSA) is 75.0 Å². The highest BCUT2D eigenvalue weighted by Crippen LogP contribution is 2.17. The third-order valence-electron chi connectivity index (χ3n) is 2.64. The van der Waals surface area contributed by atoms with Crippen LogP contribution < -0.4 is 10.1 Å². The monoisotopic (exact) mass is 299 g/mol. The number of aromatic nitrogens is 1. The van der Waals surface area contributed by atoms with Crippen LogP contribution in [0.25, 0.3) is 6.08 Å². The summed E-state index contributed by atoms with van der Waals surface area (Å²) in [5, 5.41) is 14.4. The van der Waals surface area contributed by atoms with Gasteiger partial charge in [0.05, 0.1) is 17.8 Å². The number of rotatable bonds is 4. The van der Waals surface area contributed by atoms with Gasteiger partial charge in [-0.1, -0.05) is 0 Å². The number of anilines is 1. The van der Waals surface area contributed by atoms with Gasteiger partial charge in [0.15, 0.2) is 0 Å². The van der Waals surface area contributed by atoms with E-state index in [0.29, 0.717) is 17.1 Å². The first-order valence-electron chi connectivity index (χ1n) is 6.11. The van der Waals surface area contributed by atoms with Crippen molar-refractivity contribution in [3.63, 3.8) is 0 Å². The Labute approximate surface area is 126 Å². The molecule has 0 atom stereocenters. The third kappa shape index (κ3) is 3.91. The Morgan fingerprint density at radius 3 is 2.67 bits per heavy atom. The number of aryl methyl sites for hydroxylation is 1. The summed E-state index contributed by atoms with van der Waals surface area (Å²) in [7, 11) is 1.57. The maximum atomic E-state index is 12.1. The molecule has 0 saturated heterocycles. The smallest absolute Gasteiger partial charge is 0.266 e. The van der Waals surface area contributed by atoms with Gasteiger partial charge in [0, 0.05) is 11.1 Å². The van der Waals surface area contributed by atoms with Gasteiger partial charge in [-0.05, 0) is 37.3 Å². The highest BCUT2D eigenvalue weighted by atomic mass is 32.1. The van der Waals surface area contributed by atoms with Gasteiger partial charge in [0.25, 0.3) is 5.91 Å². The Balaban J connectivity index is 2.13. The maximum Gasteiger partial charge on any atom is 0.266 e. The fraction of sp³-hybridized carbons (Fsp3) is 0.133. The van der Waals surface area contributed by atoms with Crippen LogP contribution in [0, 0.1) is 18.3 Å². The van der Waals surface area contributed by atoms with Crippen molar-refractivity contribution in [1.29, 1.82) is 5.26 Å². The number of carbonyl (C=O) groups is 1. The van der Waals surface area contributed by atoms with Gasteiger partial charge in [-0.25, -0.2) is 4.98 Å². The molecule has 1 heterocycles. The minimum absolute atomic E-state index is 0.0103. The number of ether oxygens (including phenoxy) is 1. The molecule has 1 aromatic heterocycles. The van der Waals surface area contributed by atoms with Crippen molar-refractivity contribution in [1.82, 2.24) is 4.98 Å². The van der Waals surface area contributed by atoms with E-state index in [4.69, 9.17) is 10.00 Å². The molecule has 0 saturated carbocycles. The highest BCUT2D eigenvalue weighted by Gasteiger charge is 2.10. The van der Waals surface area contributed by atoms with E-state index in [1.54, 1.807) is 36.8 Å². The van der Waals surface area contributed by atoms with Crippen LogP contribution in [0.5, 0.6) is 5.75 Å². The summed E-state index contributed by atoms with van der Waals surface area (Å²) in [5.74, 6) is 0.232. The molecule has 0 aliphatic heterocycles. The van der Waals surface area contributed by atoms with E-state index in [2.05, 4.69) is 10.3 Å². The molecule has 1 aromatic carbocycles. The molecule has 2 aromatic rings. The van der Waals surface area contributed by atoms with Crippen molar-refractivity contribution < 1.29 is 9.53 Å². The number of benzene rings is 1. The van der Waals surface area contributed by atoms with E-state index in [1.807, 2.05) is 13.0 Å². The Bertz CT molecular complexity index is 711. The maximum absolute atomic E-state index is 12.1. The summed E-state index contributed by atoms with van der Waals surface area (Å²) in [6.07, 6.45) is 1.47. The van der Waals surface area contributed by atoms with E-state index < -0.39 is 5.91 Å². The number of hydrogen-bond donors (Lipinski definition) is 1. The van der Waals surface area contributed by atoms with Gasteiger partial charge in [-0.3, -0.25) is 4.79 Å². The Hall–Kier alpha value is -2.65. The lowest BCUT2D eigenvalue weighted by Crippen LogP contribution is -2.13. The highest BCUT2D eigenvalue weighted by molar-refractivity contribution is 7.09. The van der Waals surface area contributed by atoms with Crippen LogP contribution in [-0.4, -0.2) is 18.0 Å². The van der Waals surface area contributed by atoms with Gasteiger partial charge in [0.2, 0.25) is 0 Å². The number of thiazole rings is 1. The number of nitrogens with one attached hydrogen (secondary N) is 1. The molecule has 1 amide bonds. The van der Waals surface area contributed by atoms with Crippen molar-refractivity contribution in [2.24, 2.45) is 0 Å². The predicted molar refractivity (Wildman–Crippen MR) is 82.1 cm³/mol. The van der Waals surface area contributed by atoms with Crippen molar-refractivity contribution in [2.45, 2.75) is 6.92 Å². The van der Waals surface area contributed by atoms with Gasteiger partial charge < -0.3 is 10.1 Å². The largest absolute Gasteiger partial charge is 0.497 e. The summed E-state index contributed by atoms with van der Waals surface area (Å²) in [6, 6.07) is 8.77. The zero-order valence-corrected chi connectivity index (χ0v) is 12.4. The van der Waals surface area contributed by atoms with E-state index in [9.17, 15) is 4.79 Å². The molecular formula is C15H13N3O2S. The lowest BCUT2D eigenvalue weighted by Gasteiger charge is -2.05. The fourth-order valence-corrected chi connectivity index (χ4v) is 2.19. The summed E-state index contributed by atoms with van der Waals surface area (Å²) in [5.41, 5.74) is 1.21. The van der Waals surface area contributed by atoms with Crippen molar-refractivity contribution in [3.8, 4) is 11.8 Å². The number of methoxy groups -OCH3 is 1. The zero-order chi connectivity index (χ0) is 15.2. The summed E-state index contributed by atoms with van der Waals surface area (Å²) in [6.45, 7) is 1.87. The van der Waals surface area contributed by atoms with Crippen LogP contribution in [0.1, 0.15) is 10.7 Å². The molecule has 1 N–H and O–H groups in total. The molecule has 2 rings (SSSR count). The average molecular weight is 299 g/mol. The number of amides is 1. The molecule has 5 nitrogen and oxygen atoms in total. The third-order valence-corrected chi connectivity index (χ3v) is 3.43. The lowest BCUT2D eigenvalue weighted by molar-refractivity contribution is -0.112. The number of carbonyl (C=O) groups excluding carboxylic acids is 1. The number of nitrogens with zero attached hydrogens (tertiary/aromatic N) is 2. The minimum atomic E-state index is -0.465. The Morgan fingerprint density at radius 1 is 1.43 bits per heavy atom. The molecular weight excluding hydrogens is 286 g/mol. The first kappa shape index (κ1) is 14.8. The molecule has 0 spiro atoms. The van der Waals surface area contributed by atoms with Gasteiger partial charge in [0.1, 0.15) is 17.4 Å². The van der Waals surface area contributed by atoms with Gasteiger partial charge in [-0.15, -0.1) is 11.3 Å². The molecule has 0 fully saturated rings. The first-order valence-corrected chi connectivity index (χ1v) is 6.99. The standard InChI is InChI=1S/C15H13N3O2S/c1-10-17-13(9-21-10)7-11(8-16)15(19)18-12-3-5-14(20-2)6-4-12/h3-7,9H,1-2H3,(H,18,19)/b11-7+. The lowest BCUT2D eigenvalue weighted by atomic mass is 10.2. The Kier molecular flexibility index (Phi) is 4.69. The second-order valence-electron chi connectivity index (χ2n) is 4.14. The number of nitriles is 1. The molecule has 0 aliphatic rings. The van der Waals surface area contributed by atoms with E-state index >= 15 is 0 Å². The Morgan fingerprint density at radius 2 is 2.14 bits per heavy atom.